The SMILES string of the molecule is CCCNC1CC(C)CN(C(N)=O)C1. The maximum Gasteiger partial charge on any atom is 0.314 e. The van der Waals surface area contributed by atoms with Gasteiger partial charge in [0.05, 0.1) is 0 Å². The van der Waals surface area contributed by atoms with E-state index < -0.39 is 0 Å². The summed E-state index contributed by atoms with van der Waals surface area (Å²) in [6.07, 6.45) is 2.27. The number of nitrogens with two attached hydrogens (primary N) is 1. The molecule has 4 heteroatoms. The predicted octanol–water partition coefficient (Wildman–Crippen LogP) is 0.775. The smallest absolute Gasteiger partial charge is 0.314 e. The zero-order valence-electron chi connectivity index (χ0n) is 9.12. The fourth-order valence-electron chi connectivity index (χ4n) is 2.03. The number of primary amides is 1. The van der Waals surface area contributed by atoms with Crippen LogP contribution in [0.3, 0.4) is 0 Å². The van der Waals surface area contributed by atoms with Gasteiger partial charge in [0.15, 0.2) is 0 Å². The minimum atomic E-state index is -0.292. The van der Waals surface area contributed by atoms with Crippen molar-refractivity contribution in [2.75, 3.05) is 19.6 Å². The van der Waals surface area contributed by atoms with Gasteiger partial charge in [-0.05, 0) is 25.3 Å². The zero-order chi connectivity index (χ0) is 10.6. The molecule has 0 aliphatic carbocycles. The van der Waals surface area contributed by atoms with Crippen molar-refractivity contribution >= 4 is 6.03 Å². The molecule has 0 aromatic heterocycles. The molecule has 82 valence electrons. The second-order valence-electron chi connectivity index (χ2n) is 4.24. The summed E-state index contributed by atoms with van der Waals surface area (Å²) >= 11 is 0. The van der Waals surface area contributed by atoms with Crippen molar-refractivity contribution in [2.45, 2.75) is 32.7 Å². The number of carbonyl (C=O) groups is 1. The molecular weight excluding hydrogens is 178 g/mol. The number of piperidine rings is 1. The van der Waals surface area contributed by atoms with E-state index >= 15 is 0 Å². The molecular formula is C10H21N3O. The molecule has 1 aliphatic rings. The van der Waals surface area contributed by atoms with Crippen molar-refractivity contribution in [3.8, 4) is 0 Å². The number of amides is 2. The number of hydrogen-bond acceptors (Lipinski definition) is 2. The van der Waals surface area contributed by atoms with Crippen LogP contribution in [0.15, 0.2) is 0 Å². The lowest BCUT2D eigenvalue weighted by Gasteiger charge is -2.35. The summed E-state index contributed by atoms with van der Waals surface area (Å²) in [5.74, 6) is 0.547. The van der Waals surface area contributed by atoms with Gasteiger partial charge in [-0.2, -0.15) is 0 Å². The third-order valence-electron chi connectivity index (χ3n) is 2.65. The second kappa shape index (κ2) is 5.20. The Bertz CT molecular complexity index is 196. The Kier molecular flexibility index (Phi) is 4.20. The van der Waals surface area contributed by atoms with Crippen LogP contribution in [-0.2, 0) is 0 Å². The minimum absolute atomic E-state index is 0.292. The third-order valence-corrected chi connectivity index (χ3v) is 2.65. The van der Waals surface area contributed by atoms with Gasteiger partial charge in [0, 0.05) is 19.1 Å². The number of nitrogens with zero attached hydrogens (tertiary/aromatic N) is 1. The number of urea groups is 1. The number of nitrogens with one attached hydrogen (secondary N) is 1. The average molecular weight is 199 g/mol. The highest BCUT2D eigenvalue weighted by Gasteiger charge is 2.25. The molecule has 2 amide bonds. The summed E-state index contributed by atoms with van der Waals surface area (Å²) in [6, 6.07) is 0.131. The van der Waals surface area contributed by atoms with E-state index in [1.807, 2.05) is 0 Å². The van der Waals surface area contributed by atoms with Crippen molar-refractivity contribution in [1.29, 1.82) is 0 Å². The van der Waals surface area contributed by atoms with Crippen LogP contribution in [0, 0.1) is 5.92 Å². The van der Waals surface area contributed by atoms with Gasteiger partial charge in [0.2, 0.25) is 0 Å². The fourth-order valence-corrected chi connectivity index (χ4v) is 2.03. The molecule has 4 nitrogen and oxygen atoms in total. The lowest BCUT2D eigenvalue weighted by molar-refractivity contribution is 0.158. The van der Waals surface area contributed by atoms with E-state index in [9.17, 15) is 4.79 Å². The largest absolute Gasteiger partial charge is 0.351 e. The molecule has 1 heterocycles. The summed E-state index contributed by atoms with van der Waals surface area (Å²) in [6.45, 7) is 6.89. The Labute approximate surface area is 85.8 Å². The number of likely N-dealkylation sites (tertiary alicyclic amines) is 1. The highest BCUT2D eigenvalue weighted by atomic mass is 16.2. The normalized spacial score (nSPS) is 27.7. The number of rotatable bonds is 3. The van der Waals surface area contributed by atoms with Gasteiger partial charge < -0.3 is 16.0 Å². The van der Waals surface area contributed by atoms with Crippen molar-refractivity contribution in [3.63, 3.8) is 0 Å². The molecule has 1 fully saturated rings. The van der Waals surface area contributed by atoms with Crippen molar-refractivity contribution in [2.24, 2.45) is 11.7 Å². The molecule has 2 unspecified atom stereocenters. The maximum absolute atomic E-state index is 11.0. The second-order valence-corrected chi connectivity index (χ2v) is 4.24. The molecule has 0 saturated carbocycles. The molecule has 14 heavy (non-hydrogen) atoms. The molecule has 1 saturated heterocycles. The highest BCUT2D eigenvalue weighted by Crippen LogP contribution is 2.15. The van der Waals surface area contributed by atoms with Gasteiger partial charge in [-0.3, -0.25) is 0 Å². The number of hydrogen-bond donors (Lipinski definition) is 2. The Hall–Kier alpha value is -0.770. The van der Waals surface area contributed by atoms with Crippen molar-refractivity contribution in [3.05, 3.63) is 0 Å². The van der Waals surface area contributed by atoms with E-state index in [2.05, 4.69) is 19.2 Å². The van der Waals surface area contributed by atoms with E-state index in [1.165, 1.54) is 0 Å². The summed E-state index contributed by atoms with van der Waals surface area (Å²) in [5.41, 5.74) is 5.28. The van der Waals surface area contributed by atoms with Gasteiger partial charge in [0.1, 0.15) is 0 Å². The quantitative estimate of drug-likeness (QED) is 0.705. The Morgan fingerprint density at radius 1 is 1.57 bits per heavy atom. The van der Waals surface area contributed by atoms with Gasteiger partial charge in [-0.25, -0.2) is 4.79 Å². The Morgan fingerprint density at radius 2 is 2.29 bits per heavy atom. The van der Waals surface area contributed by atoms with Crippen LogP contribution >= 0.6 is 0 Å². The molecule has 3 N–H and O–H groups in total. The van der Waals surface area contributed by atoms with Crippen LogP contribution in [0.25, 0.3) is 0 Å². The maximum atomic E-state index is 11.0. The Balaban J connectivity index is 2.41. The van der Waals surface area contributed by atoms with E-state index in [1.54, 1.807) is 4.90 Å². The summed E-state index contributed by atoms with van der Waals surface area (Å²) in [4.78, 5) is 12.8. The number of carbonyl (C=O) groups excluding carboxylic acids is 1. The first kappa shape index (κ1) is 11.3. The van der Waals surface area contributed by atoms with Crippen molar-refractivity contribution in [1.82, 2.24) is 10.2 Å². The first-order valence-electron chi connectivity index (χ1n) is 5.41. The minimum Gasteiger partial charge on any atom is -0.351 e. The fraction of sp³-hybridized carbons (Fsp3) is 0.900. The van der Waals surface area contributed by atoms with E-state index in [4.69, 9.17) is 5.73 Å². The standard InChI is InChI=1S/C10H21N3O/c1-3-4-12-9-5-8(2)6-13(7-9)10(11)14/h8-9,12H,3-7H2,1-2H3,(H2,11,14). The topological polar surface area (TPSA) is 58.4 Å². The predicted molar refractivity (Wildman–Crippen MR) is 57.0 cm³/mol. The lowest BCUT2D eigenvalue weighted by Crippen LogP contribution is -2.52. The van der Waals surface area contributed by atoms with E-state index in [0.29, 0.717) is 12.0 Å². The molecule has 0 aromatic rings. The lowest BCUT2D eigenvalue weighted by atomic mass is 9.96. The zero-order valence-corrected chi connectivity index (χ0v) is 9.12. The van der Waals surface area contributed by atoms with Crippen LogP contribution in [-0.4, -0.2) is 36.6 Å². The van der Waals surface area contributed by atoms with Crippen molar-refractivity contribution < 1.29 is 4.79 Å². The van der Waals surface area contributed by atoms with E-state index in [-0.39, 0.29) is 6.03 Å². The summed E-state index contributed by atoms with van der Waals surface area (Å²) in [7, 11) is 0. The first-order chi connectivity index (χ1) is 6.63. The highest BCUT2D eigenvalue weighted by molar-refractivity contribution is 5.72. The Morgan fingerprint density at radius 3 is 2.86 bits per heavy atom. The first-order valence-corrected chi connectivity index (χ1v) is 5.41. The van der Waals surface area contributed by atoms with Crippen LogP contribution in [0.2, 0.25) is 0 Å². The summed E-state index contributed by atoms with van der Waals surface area (Å²) in [5, 5.41) is 3.44. The molecule has 0 aromatic carbocycles. The van der Waals surface area contributed by atoms with Crippen LogP contribution < -0.4 is 11.1 Å². The molecule has 0 bridgehead atoms. The monoisotopic (exact) mass is 199 g/mol. The van der Waals surface area contributed by atoms with Gasteiger partial charge in [0.25, 0.3) is 0 Å². The average Bonchev–Trinajstić information content (AvgIpc) is 2.14. The third kappa shape index (κ3) is 3.18. The molecule has 0 radical (unpaired) electrons. The molecule has 1 rings (SSSR count). The molecule has 2 atom stereocenters. The molecule has 0 spiro atoms. The summed E-state index contributed by atoms with van der Waals surface area (Å²) < 4.78 is 0. The molecule has 1 aliphatic heterocycles. The van der Waals surface area contributed by atoms with Crippen LogP contribution in [0.5, 0.6) is 0 Å². The van der Waals surface area contributed by atoms with Gasteiger partial charge >= 0.3 is 6.03 Å². The van der Waals surface area contributed by atoms with Gasteiger partial charge in [-0.15, -0.1) is 0 Å². The van der Waals surface area contributed by atoms with E-state index in [0.717, 1.165) is 32.5 Å². The van der Waals surface area contributed by atoms with Crippen LogP contribution in [0.1, 0.15) is 26.7 Å². The van der Waals surface area contributed by atoms with Crippen LogP contribution in [0.4, 0.5) is 4.79 Å². The van der Waals surface area contributed by atoms with Gasteiger partial charge in [-0.1, -0.05) is 13.8 Å².